The standard InChI is InChI=1S/C13H23N3S/c1-9(2)16-6-4-5-12(16)13-15-11(8-17-13)7-10(3)14/h8-10,12H,4-7,14H2,1-3H3. The van der Waals surface area contributed by atoms with E-state index in [0.717, 1.165) is 12.1 Å². The highest BCUT2D eigenvalue weighted by atomic mass is 32.1. The van der Waals surface area contributed by atoms with Crippen LogP contribution in [0.3, 0.4) is 0 Å². The van der Waals surface area contributed by atoms with E-state index in [1.54, 1.807) is 11.3 Å². The predicted molar refractivity (Wildman–Crippen MR) is 73.3 cm³/mol. The van der Waals surface area contributed by atoms with Gasteiger partial charge < -0.3 is 5.73 Å². The van der Waals surface area contributed by atoms with E-state index >= 15 is 0 Å². The fourth-order valence-corrected chi connectivity index (χ4v) is 3.56. The lowest BCUT2D eigenvalue weighted by atomic mass is 10.2. The Hall–Kier alpha value is -0.450. The lowest BCUT2D eigenvalue weighted by Crippen LogP contribution is -2.30. The topological polar surface area (TPSA) is 42.1 Å². The Morgan fingerprint density at radius 1 is 1.53 bits per heavy atom. The summed E-state index contributed by atoms with van der Waals surface area (Å²) in [5, 5.41) is 3.46. The monoisotopic (exact) mass is 253 g/mol. The molecule has 0 aromatic carbocycles. The molecule has 2 N–H and O–H groups in total. The van der Waals surface area contributed by atoms with Crippen LogP contribution in [0, 0.1) is 0 Å². The van der Waals surface area contributed by atoms with Gasteiger partial charge >= 0.3 is 0 Å². The molecular weight excluding hydrogens is 230 g/mol. The molecule has 2 atom stereocenters. The van der Waals surface area contributed by atoms with Crippen LogP contribution in [0.15, 0.2) is 5.38 Å². The lowest BCUT2D eigenvalue weighted by Gasteiger charge is -2.26. The average Bonchev–Trinajstić information content (AvgIpc) is 2.82. The maximum absolute atomic E-state index is 5.82. The molecule has 0 spiro atoms. The molecule has 1 aliphatic rings. The fourth-order valence-electron chi connectivity index (χ4n) is 2.57. The molecule has 1 aromatic rings. The average molecular weight is 253 g/mol. The van der Waals surface area contributed by atoms with E-state index in [9.17, 15) is 0 Å². The first-order valence-electron chi connectivity index (χ1n) is 6.53. The van der Waals surface area contributed by atoms with E-state index in [1.807, 2.05) is 6.92 Å². The Morgan fingerprint density at radius 3 is 2.94 bits per heavy atom. The van der Waals surface area contributed by atoms with Gasteiger partial charge in [-0.2, -0.15) is 0 Å². The van der Waals surface area contributed by atoms with Gasteiger partial charge in [-0.05, 0) is 40.2 Å². The minimum absolute atomic E-state index is 0.203. The van der Waals surface area contributed by atoms with Crippen LogP contribution in [-0.2, 0) is 6.42 Å². The molecule has 0 amide bonds. The molecule has 0 saturated carbocycles. The number of nitrogens with zero attached hydrogens (tertiary/aromatic N) is 2. The van der Waals surface area contributed by atoms with Crippen LogP contribution in [0.25, 0.3) is 0 Å². The van der Waals surface area contributed by atoms with Crippen LogP contribution in [-0.4, -0.2) is 28.5 Å². The molecule has 0 aliphatic carbocycles. The highest BCUT2D eigenvalue weighted by Gasteiger charge is 2.29. The van der Waals surface area contributed by atoms with Crippen LogP contribution in [0.5, 0.6) is 0 Å². The summed E-state index contributed by atoms with van der Waals surface area (Å²) >= 11 is 1.80. The third-order valence-electron chi connectivity index (χ3n) is 3.34. The summed E-state index contributed by atoms with van der Waals surface area (Å²) in [6, 6.07) is 1.36. The lowest BCUT2D eigenvalue weighted by molar-refractivity contribution is 0.205. The Morgan fingerprint density at radius 2 is 2.29 bits per heavy atom. The van der Waals surface area contributed by atoms with Crippen molar-refractivity contribution >= 4 is 11.3 Å². The van der Waals surface area contributed by atoms with Crippen molar-refractivity contribution in [3.8, 4) is 0 Å². The summed E-state index contributed by atoms with van der Waals surface area (Å²) in [4.78, 5) is 7.33. The highest BCUT2D eigenvalue weighted by Crippen LogP contribution is 2.35. The zero-order valence-corrected chi connectivity index (χ0v) is 11.8. The van der Waals surface area contributed by atoms with Crippen molar-refractivity contribution in [3.63, 3.8) is 0 Å². The van der Waals surface area contributed by atoms with Crippen molar-refractivity contribution in [2.24, 2.45) is 5.73 Å². The minimum Gasteiger partial charge on any atom is -0.328 e. The molecule has 2 rings (SSSR count). The van der Waals surface area contributed by atoms with E-state index in [2.05, 4.69) is 24.1 Å². The van der Waals surface area contributed by atoms with Crippen LogP contribution in [0.4, 0.5) is 0 Å². The SMILES string of the molecule is CC(N)Cc1csc(C2CCCN2C(C)C)n1. The summed E-state index contributed by atoms with van der Waals surface area (Å²) in [5.74, 6) is 0. The predicted octanol–water partition coefficient (Wildman–Crippen LogP) is 2.58. The van der Waals surface area contributed by atoms with E-state index in [4.69, 9.17) is 10.7 Å². The number of thiazole rings is 1. The van der Waals surface area contributed by atoms with Crippen molar-refractivity contribution in [1.29, 1.82) is 0 Å². The van der Waals surface area contributed by atoms with Crippen molar-refractivity contribution in [2.75, 3.05) is 6.54 Å². The van der Waals surface area contributed by atoms with Gasteiger partial charge in [0.05, 0.1) is 11.7 Å². The number of aromatic nitrogens is 1. The Labute approximate surface area is 108 Å². The van der Waals surface area contributed by atoms with Crippen LogP contribution in [0.2, 0.25) is 0 Å². The summed E-state index contributed by atoms with van der Waals surface area (Å²) in [5.41, 5.74) is 6.98. The molecule has 2 heterocycles. The zero-order chi connectivity index (χ0) is 12.4. The summed E-state index contributed by atoms with van der Waals surface area (Å²) in [6.07, 6.45) is 3.44. The first kappa shape index (κ1) is 13.0. The van der Waals surface area contributed by atoms with Crippen molar-refractivity contribution < 1.29 is 0 Å². The molecule has 0 radical (unpaired) electrons. The molecule has 96 valence electrons. The van der Waals surface area contributed by atoms with Gasteiger partial charge in [-0.25, -0.2) is 4.98 Å². The van der Waals surface area contributed by atoms with E-state index < -0.39 is 0 Å². The summed E-state index contributed by atoms with van der Waals surface area (Å²) in [7, 11) is 0. The Bertz CT molecular complexity index is 359. The fraction of sp³-hybridized carbons (Fsp3) is 0.769. The van der Waals surface area contributed by atoms with Crippen molar-refractivity contribution in [3.05, 3.63) is 16.1 Å². The number of nitrogens with two attached hydrogens (primary N) is 1. The van der Waals surface area contributed by atoms with Crippen LogP contribution >= 0.6 is 11.3 Å². The quantitative estimate of drug-likeness (QED) is 0.897. The van der Waals surface area contributed by atoms with Crippen molar-refractivity contribution in [2.45, 2.75) is 58.2 Å². The molecular formula is C13H23N3S. The van der Waals surface area contributed by atoms with Crippen molar-refractivity contribution in [1.82, 2.24) is 9.88 Å². The molecule has 1 aromatic heterocycles. The molecule has 0 bridgehead atoms. The third-order valence-corrected chi connectivity index (χ3v) is 4.34. The largest absolute Gasteiger partial charge is 0.328 e. The molecule has 1 saturated heterocycles. The summed E-state index contributed by atoms with van der Waals surface area (Å²) < 4.78 is 0. The molecule has 1 fully saturated rings. The second kappa shape index (κ2) is 5.46. The third kappa shape index (κ3) is 3.06. The zero-order valence-electron chi connectivity index (χ0n) is 11.0. The molecule has 3 nitrogen and oxygen atoms in total. The second-order valence-electron chi connectivity index (χ2n) is 5.35. The normalized spacial score (nSPS) is 23.5. The number of hydrogen-bond donors (Lipinski definition) is 1. The van der Waals surface area contributed by atoms with E-state index in [1.165, 1.54) is 24.4 Å². The minimum atomic E-state index is 0.203. The van der Waals surface area contributed by atoms with Crippen LogP contribution < -0.4 is 5.73 Å². The Kier molecular flexibility index (Phi) is 4.17. The van der Waals surface area contributed by atoms with Gasteiger partial charge in [0.25, 0.3) is 0 Å². The smallest absolute Gasteiger partial charge is 0.110 e. The maximum atomic E-state index is 5.82. The highest BCUT2D eigenvalue weighted by molar-refractivity contribution is 7.09. The number of rotatable bonds is 4. The summed E-state index contributed by atoms with van der Waals surface area (Å²) in [6.45, 7) is 7.79. The van der Waals surface area contributed by atoms with Crippen LogP contribution in [0.1, 0.15) is 50.4 Å². The first-order valence-corrected chi connectivity index (χ1v) is 7.41. The van der Waals surface area contributed by atoms with Gasteiger partial charge in [0, 0.05) is 23.9 Å². The second-order valence-corrected chi connectivity index (χ2v) is 6.24. The van der Waals surface area contributed by atoms with Gasteiger partial charge in [-0.1, -0.05) is 0 Å². The van der Waals surface area contributed by atoms with E-state index in [0.29, 0.717) is 12.1 Å². The Balaban J connectivity index is 2.08. The van der Waals surface area contributed by atoms with Gasteiger partial charge in [0.2, 0.25) is 0 Å². The first-order chi connectivity index (χ1) is 8.08. The molecule has 1 aliphatic heterocycles. The maximum Gasteiger partial charge on any atom is 0.110 e. The van der Waals surface area contributed by atoms with E-state index in [-0.39, 0.29) is 6.04 Å². The number of likely N-dealkylation sites (tertiary alicyclic amines) is 1. The number of hydrogen-bond acceptors (Lipinski definition) is 4. The van der Waals surface area contributed by atoms with Gasteiger partial charge in [0.1, 0.15) is 5.01 Å². The molecule has 17 heavy (non-hydrogen) atoms. The van der Waals surface area contributed by atoms with Gasteiger partial charge in [-0.3, -0.25) is 4.90 Å². The van der Waals surface area contributed by atoms with Gasteiger partial charge in [-0.15, -0.1) is 11.3 Å². The molecule has 2 unspecified atom stereocenters. The van der Waals surface area contributed by atoms with Gasteiger partial charge in [0.15, 0.2) is 0 Å². The molecule has 4 heteroatoms.